The van der Waals surface area contributed by atoms with E-state index in [2.05, 4.69) is 4.98 Å². The fraction of sp³-hybridized carbons (Fsp3) is 0.0952. The van der Waals surface area contributed by atoms with Crippen molar-refractivity contribution in [3.63, 3.8) is 0 Å². The van der Waals surface area contributed by atoms with Gasteiger partial charge in [-0.1, -0.05) is 24.3 Å². The van der Waals surface area contributed by atoms with Gasteiger partial charge in [0.2, 0.25) is 0 Å². The van der Waals surface area contributed by atoms with Crippen molar-refractivity contribution in [3.05, 3.63) is 84.2 Å². The Kier molecular flexibility index (Phi) is 6.22. The lowest BCUT2D eigenvalue weighted by atomic mass is 10.1. The van der Waals surface area contributed by atoms with Gasteiger partial charge in [0.1, 0.15) is 17.1 Å². The minimum absolute atomic E-state index is 0.242. The molecule has 0 aliphatic heterocycles. The maximum absolute atomic E-state index is 12.4. The van der Waals surface area contributed by atoms with Crippen molar-refractivity contribution >= 4 is 23.5 Å². The van der Waals surface area contributed by atoms with Crippen LogP contribution in [0.1, 0.15) is 20.7 Å². The number of hydrogen-bond donors (Lipinski definition) is 0. The molecule has 136 valence electrons. The number of Topliss-reactive ketones (excluding diaryl/α,β-unsaturated/α-hetero) is 1. The van der Waals surface area contributed by atoms with Crippen LogP contribution in [0.15, 0.2) is 78.0 Å². The molecular formula is C21H17NO4S. The first-order chi connectivity index (χ1) is 13.2. The molecule has 6 heteroatoms. The van der Waals surface area contributed by atoms with Gasteiger partial charge >= 0.3 is 5.97 Å². The highest BCUT2D eigenvalue weighted by atomic mass is 32.2. The van der Waals surface area contributed by atoms with Crippen molar-refractivity contribution in [2.45, 2.75) is 4.90 Å². The summed E-state index contributed by atoms with van der Waals surface area (Å²) < 4.78 is 10.9. The number of carbonyl (C=O) groups is 2. The molecule has 0 atom stereocenters. The molecule has 0 amide bonds. The normalized spacial score (nSPS) is 10.3. The van der Waals surface area contributed by atoms with Crippen LogP contribution >= 0.6 is 11.8 Å². The van der Waals surface area contributed by atoms with Crippen LogP contribution in [0.4, 0.5) is 0 Å². The average molecular weight is 379 g/mol. The van der Waals surface area contributed by atoms with Gasteiger partial charge in [0.25, 0.3) is 0 Å². The number of rotatable bonds is 7. The largest absolute Gasteiger partial charge is 0.455 e. The summed E-state index contributed by atoms with van der Waals surface area (Å²) in [5.41, 5.74) is 0.743. The number of benzene rings is 2. The van der Waals surface area contributed by atoms with E-state index < -0.39 is 5.97 Å². The van der Waals surface area contributed by atoms with Gasteiger partial charge in [0, 0.05) is 16.7 Å². The lowest BCUT2D eigenvalue weighted by Crippen LogP contribution is -2.14. The number of ketones is 1. The van der Waals surface area contributed by atoms with E-state index >= 15 is 0 Å². The van der Waals surface area contributed by atoms with E-state index in [1.54, 1.807) is 72.7 Å². The molecule has 3 rings (SSSR count). The molecular weight excluding hydrogens is 362 g/mol. The van der Waals surface area contributed by atoms with Crippen LogP contribution in [0.5, 0.6) is 11.5 Å². The molecule has 0 saturated heterocycles. The van der Waals surface area contributed by atoms with Gasteiger partial charge in [0.15, 0.2) is 12.4 Å². The molecule has 0 fully saturated rings. The van der Waals surface area contributed by atoms with Crippen molar-refractivity contribution in [3.8, 4) is 11.5 Å². The van der Waals surface area contributed by atoms with Crippen LogP contribution in [-0.4, -0.2) is 29.6 Å². The summed E-state index contributed by atoms with van der Waals surface area (Å²) in [6, 6.07) is 17.3. The predicted molar refractivity (Wildman–Crippen MR) is 104 cm³/mol. The maximum Gasteiger partial charge on any atom is 0.342 e. The maximum atomic E-state index is 12.4. The molecule has 0 aliphatic rings. The number of thioether (sulfide) groups is 1. The summed E-state index contributed by atoms with van der Waals surface area (Å²) in [4.78, 5) is 29.7. The van der Waals surface area contributed by atoms with Gasteiger partial charge in [0.05, 0.1) is 6.20 Å². The summed E-state index contributed by atoms with van der Waals surface area (Å²) in [7, 11) is 0. The Morgan fingerprint density at radius 1 is 1.00 bits per heavy atom. The van der Waals surface area contributed by atoms with Gasteiger partial charge in [-0.25, -0.2) is 4.79 Å². The molecule has 2 aromatic carbocycles. The highest BCUT2D eigenvalue weighted by Gasteiger charge is 2.16. The van der Waals surface area contributed by atoms with Crippen LogP contribution in [0.3, 0.4) is 0 Å². The number of carbonyl (C=O) groups excluding carboxylic acids is 2. The van der Waals surface area contributed by atoms with E-state index in [-0.39, 0.29) is 18.0 Å². The minimum Gasteiger partial charge on any atom is -0.455 e. The molecule has 0 bridgehead atoms. The molecule has 0 saturated carbocycles. The second-order valence-electron chi connectivity index (χ2n) is 5.51. The van der Waals surface area contributed by atoms with Crippen molar-refractivity contribution in [1.29, 1.82) is 0 Å². The summed E-state index contributed by atoms with van der Waals surface area (Å²) >= 11 is 1.59. The van der Waals surface area contributed by atoms with Crippen molar-refractivity contribution in [1.82, 2.24) is 4.98 Å². The first kappa shape index (κ1) is 18.7. The lowest BCUT2D eigenvalue weighted by molar-refractivity contribution is 0.0472. The highest BCUT2D eigenvalue weighted by Crippen LogP contribution is 2.25. The number of esters is 1. The van der Waals surface area contributed by atoms with E-state index in [0.717, 1.165) is 4.90 Å². The van der Waals surface area contributed by atoms with Crippen molar-refractivity contribution in [2.24, 2.45) is 0 Å². The molecule has 0 unspecified atom stereocenters. The van der Waals surface area contributed by atoms with E-state index in [1.807, 2.05) is 18.4 Å². The first-order valence-electron chi connectivity index (χ1n) is 8.18. The Balaban J connectivity index is 1.66. The van der Waals surface area contributed by atoms with Crippen LogP contribution in [0.25, 0.3) is 0 Å². The number of aromatic nitrogens is 1. The fourth-order valence-corrected chi connectivity index (χ4v) is 2.74. The third-order valence-electron chi connectivity index (χ3n) is 3.72. The van der Waals surface area contributed by atoms with E-state index in [4.69, 9.17) is 9.47 Å². The number of pyridine rings is 1. The minimum atomic E-state index is -0.622. The Hall–Kier alpha value is -3.12. The molecule has 27 heavy (non-hydrogen) atoms. The van der Waals surface area contributed by atoms with Crippen LogP contribution in [0, 0.1) is 0 Å². The highest BCUT2D eigenvalue weighted by molar-refractivity contribution is 7.98. The molecule has 0 N–H and O–H groups in total. The van der Waals surface area contributed by atoms with Gasteiger partial charge < -0.3 is 9.47 Å². The van der Waals surface area contributed by atoms with Gasteiger partial charge in [-0.2, -0.15) is 0 Å². The van der Waals surface area contributed by atoms with Gasteiger partial charge in [-0.05, 0) is 42.7 Å². The third kappa shape index (κ3) is 4.95. The van der Waals surface area contributed by atoms with E-state index in [0.29, 0.717) is 17.1 Å². The lowest BCUT2D eigenvalue weighted by Gasteiger charge is -2.10. The Labute approximate surface area is 161 Å². The molecule has 1 heterocycles. The fourth-order valence-electron chi connectivity index (χ4n) is 2.33. The molecule has 0 aliphatic carbocycles. The number of hydrogen-bond acceptors (Lipinski definition) is 6. The molecule has 5 nitrogen and oxygen atoms in total. The Morgan fingerprint density at radius 3 is 2.48 bits per heavy atom. The first-order valence-corrected chi connectivity index (χ1v) is 9.41. The third-order valence-corrected chi connectivity index (χ3v) is 4.46. The number of para-hydroxylation sites is 1. The summed E-state index contributed by atoms with van der Waals surface area (Å²) in [6.45, 7) is -0.335. The molecule has 1 aromatic heterocycles. The monoisotopic (exact) mass is 379 g/mol. The molecule has 0 spiro atoms. The SMILES string of the molecule is CSc1ccc(C(=O)COC(=O)c2ccccc2Oc2cccnc2)cc1. The number of ether oxygens (including phenoxy) is 2. The molecule has 3 aromatic rings. The molecule has 0 radical (unpaired) electrons. The second-order valence-corrected chi connectivity index (χ2v) is 6.39. The van der Waals surface area contributed by atoms with Crippen molar-refractivity contribution < 1.29 is 19.1 Å². The van der Waals surface area contributed by atoms with E-state index in [9.17, 15) is 9.59 Å². The summed E-state index contributed by atoms with van der Waals surface area (Å²) in [5.74, 6) is -0.0415. The zero-order chi connectivity index (χ0) is 19.1. The average Bonchev–Trinajstić information content (AvgIpc) is 2.73. The van der Waals surface area contributed by atoms with E-state index in [1.165, 1.54) is 0 Å². The zero-order valence-corrected chi connectivity index (χ0v) is 15.4. The van der Waals surface area contributed by atoms with Gasteiger partial charge in [-0.3, -0.25) is 9.78 Å². The van der Waals surface area contributed by atoms with Crippen molar-refractivity contribution in [2.75, 3.05) is 12.9 Å². The Morgan fingerprint density at radius 2 is 1.78 bits per heavy atom. The second kappa shape index (κ2) is 9.00. The van der Waals surface area contributed by atoms with Crippen LogP contribution in [-0.2, 0) is 4.74 Å². The number of nitrogens with zero attached hydrogens (tertiary/aromatic N) is 1. The smallest absolute Gasteiger partial charge is 0.342 e. The topological polar surface area (TPSA) is 65.5 Å². The summed E-state index contributed by atoms with van der Waals surface area (Å²) in [6.07, 6.45) is 5.14. The standard InChI is InChI=1S/C21H17NO4S/c1-27-17-10-8-15(9-11-17)19(23)14-25-21(24)18-6-2-3-7-20(18)26-16-5-4-12-22-13-16/h2-13H,14H2,1H3. The van der Waals surface area contributed by atoms with Crippen LogP contribution < -0.4 is 4.74 Å². The quantitative estimate of drug-likeness (QED) is 0.339. The summed E-state index contributed by atoms with van der Waals surface area (Å²) in [5, 5.41) is 0. The Bertz CT molecular complexity index is 926. The predicted octanol–water partition coefficient (Wildman–Crippen LogP) is 4.64. The zero-order valence-electron chi connectivity index (χ0n) is 14.6. The van der Waals surface area contributed by atoms with Crippen LogP contribution in [0.2, 0.25) is 0 Å². The van der Waals surface area contributed by atoms with Gasteiger partial charge in [-0.15, -0.1) is 11.8 Å².